The Morgan fingerprint density at radius 3 is 1.54 bits per heavy atom. The van der Waals surface area contributed by atoms with Crippen molar-refractivity contribution in [1.29, 1.82) is 0 Å². The minimum atomic E-state index is 0.163. The van der Waals surface area contributed by atoms with Gasteiger partial charge in [0.25, 0.3) is 0 Å². The van der Waals surface area contributed by atoms with Crippen LogP contribution in [-0.4, -0.2) is 15.3 Å². The second-order valence-corrected chi connectivity index (χ2v) is 9.13. The van der Waals surface area contributed by atoms with Crippen LogP contribution >= 0.6 is 0 Å². The Labute approximate surface area is 206 Å². The minimum absolute atomic E-state index is 0.163. The number of phenols is 3. The van der Waals surface area contributed by atoms with Crippen LogP contribution in [0.2, 0.25) is 0 Å². The van der Waals surface area contributed by atoms with Crippen LogP contribution < -0.4 is 9.64 Å². The van der Waals surface area contributed by atoms with Crippen molar-refractivity contribution in [2.45, 2.75) is 41.5 Å². The lowest BCUT2D eigenvalue weighted by molar-refractivity contribution is 0.450. The molecule has 4 rings (SSSR count). The smallest absolute Gasteiger partial charge is 0.142 e. The van der Waals surface area contributed by atoms with Crippen LogP contribution in [0.3, 0.4) is 0 Å². The van der Waals surface area contributed by atoms with E-state index in [1.807, 2.05) is 101 Å². The highest BCUT2D eigenvalue weighted by molar-refractivity contribution is 5.87. The highest BCUT2D eigenvalue weighted by atomic mass is 16.5. The van der Waals surface area contributed by atoms with E-state index in [0.29, 0.717) is 22.9 Å². The van der Waals surface area contributed by atoms with Crippen molar-refractivity contribution < 1.29 is 20.1 Å². The summed E-state index contributed by atoms with van der Waals surface area (Å²) in [5.74, 6) is 1.70. The summed E-state index contributed by atoms with van der Waals surface area (Å²) in [6.07, 6.45) is 0. The van der Waals surface area contributed by atoms with Crippen molar-refractivity contribution in [3.8, 4) is 28.7 Å². The Morgan fingerprint density at radius 1 is 0.543 bits per heavy atom. The summed E-state index contributed by atoms with van der Waals surface area (Å²) >= 11 is 0. The fraction of sp³-hybridized carbons (Fsp3) is 0.200. The summed E-state index contributed by atoms with van der Waals surface area (Å²) < 4.78 is 6.05. The molecule has 35 heavy (non-hydrogen) atoms. The normalized spacial score (nSPS) is 10.9. The molecule has 0 heterocycles. The molecule has 0 atom stereocenters. The lowest BCUT2D eigenvalue weighted by Gasteiger charge is -2.30. The van der Waals surface area contributed by atoms with Crippen LogP contribution in [0.25, 0.3) is 0 Å². The van der Waals surface area contributed by atoms with E-state index >= 15 is 0 Å². The molecule has 0 fully saturated rings. The zero-order valence-corrected chi connectivity index (χ0v) is 21.0. The lowest BCUT2D eigenvalue weighted by Crippen LogP contribution is -2.14. The number of benzene rings is 4. The third kappa shape index (κ3) is 4.50. The fourth-order valence-corrected chi connectivity index (χ4v) is 4.22. The molecule has 0 saturated carbocycles. The van der Waals surface area contributed by atoms with Gasteiger partial charge in [-0.25, -0.2) is 0 Å². The zero-order valence-electron chi connectivity index (χ0n) is 21.0. The van der Waals surface area contributed by atoms with E-state index in [0.717, 1.165) is 39.1 Å². The molecule has 0 aromatic heterocycles. The van der Waals surface area contributed by atoms with Gasteiger partial charge in [-0.3, -0.25) is 0 Å². The van der Waals surface area contributed by atoms with Crippen molar-refractivity contribution in [2.75, 3.05) is 4.90 Å². The Morgan fingerprint density at radius 2 is 1.03 bits per heavy atom. The predicted molar refractivity (Wildman–Crippen MR) is 141 cm³/mol. The predicted octanol–water partition coefficient (Wildman–Crippen LogP) is 7.92. The van der Waals surface area contributed by atoms with Gasteiger partial charge in [-0.15, -0.1) is 0 Å². The Hall–Kier alpha value is -4.12. The summed E-state index contributed by atoms with van der Waals surface area (Å²) in [7, 11) is 0. The second kappa shape index (κ2) is 9.26. The molecule has 4 aromatic rings. The van der Waals surface area contributed by atoms with E-state index in [2.05, 4.69) is 0 Å². The van der Waals surface area contributed by atoms with Gasteiger partial charge in [-0.05, 0) is 105 Å². The Bertz CT molecular complexity index is 1350. The van der Waals surface area contributed by atoms with E-state index in [-0.39, 0.29) is 17.2 Å². The van der Waals surface area contributed by atoms with Crippen LogP contribution in [-0.2, 0) is 0 Å². The highest BCUT2D eigenvalue weighted by Crippen LogP contribution is 2.48. The number of ether oxygens (including phenoxy) is 1. The number of nitrogens with zero attached hydrogens (tertiary/aromatic N) is 1. The first-order valence-electron chi connectivity index (χ1n) is 11.5. The van der Waals surface area contributed by atoms with Crippen LogP contribution in [0, 0.1) is 41.5 Å². The Balaban J connectivity index is 1.84. The van der Waals surface area contributed by atoms with Crippen LogP contribution in [0.1, 0.15) is 33.4 Å². The molecule has 0 unspecified atom stereocenters. The molecule has 0 bridgehead atoms. The van der Waals surface area contributed by atoms with Gasteiger partial charge in [0.15, 0.2) is 0 Å². The topological polar surface area (TPSA) is 73.2 Å². The summed E-state index contributed by atoms with van der Waals surface area (Å²) in [4.78, 5) is 1.89. The average Bonchev–Trinajstić information content (AvgIpc) is 2.82. The van der Waals surface area contributed by atoms with Gasteiger partial charge in [0, 0.05) is 11.8 Å². The maximum Gasteiger partial charge on any atom is 0.142 e. The number of phenolic OH excluding ortho intramolecular Hbond substituents is 3. The molecule has 180 valence electrons. The monoisotopic (exact) mass is 469 g/mol. The SMILES string of the molecule is Cc1cc(C)c(Oc2ccc(N(c3c(C)ccc(C)c3O)c3c(C)ccc(C)c3O)cc2)cc1O. The summed E-state index contributed by atoms with van der Waals surface area (Å²) in [5.41, 5.74) is 6.94. The highest BCUT2D eigenvalue weighted by Gasteiger charge is 2.24. The molecule has 0 amide bonds. The Kier molecular flexibility index (Phi) is 6.35. The summed E-state index contributed by atoms with van der Waals surface area (Å²) in [6.45, 7) is 11.4. The van der Waals surface area contributed by atoms with Crippen LogP contribution in [0.15, 0.2) is 60.7 Å². The van der Waals surface area contributed by atoms with Gasteiger partial charge < -0.3 is 25.0 Å². The number of rotatable bonds is 5. The van der Waals surface area contributed by atoms with Crippen LogP contribution in [0.4, 0.5) is 17.1 Å². The molecule has 0 aliphatic carbocycles. The number of aryl methyl sites for hydroxylation is 6. The number of hydrogen-bond donors (Lipinski definition) is 3. The molecule has 4 aromatic carbocycles. The first-order chi connectivity index (χ1) is 16.6. The fourth-order valence-electron chi connectivity index (χ4n) is 4.22. The first kappa shape index (κ1) is 24.0. The molecule has 0 aliphatic heterocycles. The van der Waals surface area contributed by atoms with Crippen molar-refractivity contribution in [3.05, 3.63) is 94.0 Å². The molecular formula is C30H31NO4. The molecule has 0 radical (unpaired) electrons. The first-order valence-corrected chi connectivity index (χ1v) is 11.5. The summed E-state index contributed by atoms with van der Waals surface area (Å²) in [5, 5.41) is 32.2. The number of hydrogen-bond acceptors (Lipinski definition) is 5. The lowest BCUT2D eigenvalue weighted by atomic mass is 10.0. The van der Waals surface area contributed by atoms with Gasteiger partial charge in [0.1, 0.15) is 28.7 Å². The maximum absolute atomic E-state index is 11.1. The van der Waals surface area contributed by atoms with E-state index < -0.39 is 0 Å². The minimum Gasteiger partial charge on any atom is -0.508 e. The molecule has 5 nitrogen and oxygen atoms in total. The third-order valence-corrected chi connectivity index (χ3v) is 6.37. The van der Waals surface area contributed by atoms with E-state index in [1.165, 1.54) is 0 Å². The molecule has 0 spiro atoms. The van der Waals surface area contributed by atoms with E-state index in [1.54, 1.807) is 6.07 Å². The van der Waals surface area contributed by atoms with Gasteiger partial charge in [-0.1, -0.05) is 24.3 Å². The van der Waals surface area contributed by atoms with Gasteiger partial charge >= 0.3 is 0 Å². The molecule has 5 heteroatoms. The average molecular weight is 470 g/mol. The second-order valence-electron chi connectivity index (χ2n) is 9.13. The van der Waals surface area contributed by atoms with Crippen LogP contribution in [0.5, 0.6) is 28.7 Å². The number of anilines is 3. The van der Waals surface area contributed by atoms with Crippen molar-refractivity contribution in [3.63, 3.8) is 0 Å². The molecule has 3 N–H and O–H groups in total. The molecule has 0 aliphatic rings. The van der Waals surface area contributed by atoms with Crippen molar-refractivity contribution >= 4 is 17.1 Å². The largest absolute Gasteiger partial charge is 0.508 e. The van der Waals surface area contributed by atoms with Crippen molar-refractivity contribution in [2.24, 2.45) is 0 Å². The zero-order chi connectivity index (χ0) is 25.4. The third-order valence-electron chi connectivity index (χ3n) is 6.37. The van der Waals surface area contributed by atoms with Gasteiger partial charge in [-0.2, -0.15) is 0 Å². The van der Waals surface area contributed by atoms with Gasteiger partial charge in [0.2, 0.25) is 0 Å². The van der Waals surface area contributed by atoms with E-state index in [9.17, 15) is 15.3 Å². The van der Waals surface area contributed by atoms with Gasteiger partial charge in [0.05, 0.1) is 11.4 Å². The number of aromatic hydroxyl groups is 3. The maximum atomic E-state index is 11.1. The molecular weight excluding hydrogens is 438 g/mol. The standard InChI is InChI=1S/C30H31NO4/c1-17-7-9-19(3)29(33)27(17)31(28-18(2)8-10-20(4)30(28)34)23-11-13-24(14-12-23)35-26-16-25(32)21(5)15-22(26)6/h7-16,32-34H,1-6H3. The quantitative estimate of drug-likeness (QED) is 0.277. The van der Waals surface area contributed by atoms with E-state index in [4.69, 9.17) is 4.74 Å². The summed E-state index contributed by atoms with van der Waals surface area (Å²) in [6, 6.07) is 18.6. The molecule has 0 saturated heterocycles. The van der Waals surface area contributed by atoms with Crippen molar-refractivity contribution in [1.82, 2.24) is 0 Å².